The van der Waals surface area contributed by atoms with Gasteiger partial charge in [-0.1, -0.05) is 23.7 Å². The van der Waals surface area contributed by atoms with Gasteiger partial charge in [0.2, 0.25) is 0 Å². The minimum absolute atomic E-state index is 0.249. The van der Waals surface area contributed by atoms with E-state index in [2.05, 4.69) is 4.74 Å². The zero-order valence-corrected chi connectivity index (χ0v) is 15.2. The van der Waals surface area contributed by atoms with Crippen LogP contribution in [0.2, 0.25) is 5.02 Å². The first-order chi connectivity index (χ1) is 12.6. The third-order valence-electron chi connectivity index (χ3n) is 3.95. The Kier molecular flexibility index (Phi) is 5.06. The average molecular weight is 398 g/mol. The molecule has 0 spiro atoms. The standard InChI is InChI=1S/C19H15ClF3NO3/c1-11-18(26-12(2)25)16-7-6-14(20)9-17(16)24(11)10-13-4-3-5-15(8-13)27-19(21,22)23/h3-9H,10H2,1-2H3. The van der Waals surface area contributed by atoms with Gasteiger partial charge in [-0.2, -0.15) is 0 Å². The van der Waals surface area contributed by atoms with Crippen LogP contribution in [0.5, 0.6) is 11.5 Å². The maximum Gasteiger partial charge on any atom is 0.573 e. The molecule has 0 radical (unpaired) electrons. The second-order valence-corrected chi connectivity index (χ2v) is 6.39. The molecule has 0 saturated heterocycles. The number of benzene rings is 2. The topological polar surface area (TPSA) is 40.5 Å². The average Bonchev–Trinajstić information content (AvgIpc) is 2.78. The highest BCUT2D eigenvalue weighted by Gasteiger charge is 2.31. The molecule has 0 fully saturated rings. The number of nitrogens with zero attached hydrogens (tertiary/aromatic N) is 1. The molecule has 0 N–H and O–H groups in total. The van der Waals surface area contributed by atoms with Crippen LogP contribution in [0.15, 0.2) is 42.5 Å². The number of rotatable bonds is 4. The minimum atomic E-state index is -4.76. The van der Waals surface area contributed by atoms with Gasteiger partial charge in [0.25, 0.3) is 0 Å². The summed E-state index contributed by atoms with van der Waals surface area (Å²) in [6, 6.07) is 10.9. The zero-order chi connectivity index (χ0) is 19.8. The molecule has 1 aromatic heterocycles. The summed E-state index contributed by atoms with van der Waals surface area (Å²) in [5.41, 5.74) is 1.95. The third kappa shape index (κ3) is 4.36. The molecule has 1 heterocycles. The van der Waals surface area contributed by atoms with Crippen molar-refractivity contribution in [1.29, 1.82) is 0 Å². The molecule has 0 bridgehead atoms. The fourth-order valence-electron chi connectivity index (χ4n) is 2.92. The van der Waals surface area contributed by atoms with Crippen molar-refractivity contribution in [3.8, 4) is 11.5 Å². The molecule has 0 amide bonds. The van der Waals surface area contributed by atoms with E-state index in [1.165, 1.54) is 25.1 Å². The summed E-state index contributed by atoms with van der Waals surface area (Å²) in [5, 5.41) is 1.18. The van der Waals surface area contributed by atoms with Gasteiger partial charge in [0.1, 0.15) is 5.75 Å². The SMILES string of the molecule is CC(=O)Oc1c(C)n(Cc2cccc(OC(F)(F)F)c2)c2cc(Cl)ccc12. The van der Waals surface area contributed by atoms with Crippen LogP contribution in [0.4, 0.5) is 13.2 Å². The second kappa shape index (κ2) is 7.15. The molecule has 3 rings (SSSR count). The first-order valence-corrected chi connectivity index (χ1v) is 8.33. The summed E-state index contributed by atoms with van der Waals surface area (Å²) < 4.78 is 48.5. The molecule has 27 heavy (non-hydrogen) atoms. The number of ether oxygens (including phenoxy) is 2. The van der Waals surface area contributed by atoms with E-state index < -0.39 is 12.3 Å². The number of carbonyl (C=O) groups is 1. The molecule has 0 atom stereocenters. The molecular formula is C19H15ClF3NO3. The molecule has 4 nitrogen and oxygen atoms in total. The zero-order valence-electron chi connectivity index (χ0n) is 14.4. The predicted octanol–water partition coefficient (Wildman–Crippen LogP) is 5.48. The van der Waals surface area contributed by atoms with Crippen molar-refractivity contribution in [2.75, 3.05) is 0 Å². The van der Waals surface area contributed by atoms with Crippen LogP contribution in [0.3, 0.4) is 0 Å². The number of hydrogen-bond acceptors (Lipinski definition) is 3. The van der Waals surface area contributed by atoms with Gasteiger partial charge in [-0.05, 0) is 42.8 Å². The highest BCUT2D eigenvalue weighted by molar-refractivity contribution is 6.31. The fraction of sp³-hybridized carbons (Fsp3) is 0.211. The highest BCUT2D eigenvalue weighted by Crippen LogP contribution is 2.35. The monoisotopic (exact) mass is 397 g/mol. The van der Waals surface area contributed by atoms with Crippen LogP contribution < -0.4 is 9.47 Å². The van der Waals surface area contributed by atoms with E-state index in [4.69, 9.17) is 16.3 Å². The summed E-state index contributed by atoms with van der Waals surface area (Å²) >= 11 is 6.09. The minimum Gasteiger partial charge on any atom is -0.424 e. The molecule has 142 valence electrons. The number of carbonyl (C=O) groups excluding carboxylic acids is 1. The van der Waals surface area contributed by atoms with E-state index in [9.17, 15) is 18.0 Å². The first kappa shape index (κ1) is 19.1. The molecule has 0 aliphatic rings. The number of aromatic nitrogens is 1. The van der Waals surface area contributed by atoms with Crippen LogP contribution in [-0.4, -0.2) is 16.9 Å². The van der Waals surface area contributed by atoms with Crippen LogP contribution in [-0.2, 0) is 11.3 Å². The summed E-state index contributed by atoms with van der Waals surface area (Å²) in [5.74, 6) is -0.364. The van der Waals surface area contributed by atoms with Crippen molar-refractivity contribution in [3.05, 3.63) is 58.7 Å². The Bertz CT molecular complexity index is 1010. The third-order valence-corrected chi connectivity index (χ3v) is 4.18. The quantitative estimate of drug-likeness (QED) is 0.548. The van der Waals surface area contributed by atoms with Gasteiger partial charge in [-0.3, -0.25) is 4.79 Å². The summed E-state index contributed by atoms with van der Waals surface area (Å²) in [6.45, 7) is 3.32. The van der Waals surface area contributed by atoms with Gasteiger partial charge in [-0.25, -0.2) is 0 Å². The molecule has 0 aliphatic carbocycles. The Morgan fingerprint density at radius 1 is 1.19 bits per heavy atom. The summed E-state index contributed by atoms with van der Waals surface area (Å²) in [7, 11) is 0. The lowest BCUT2D eigenvalue weighted by atomic mass is 10.2. The Labute approximate surface area is 158 Å². The Hall–Kier alpha value is -2.67. The molecule has 0 saturated carbocycles. The maximum atomic E-state index is 12.5. The van der Waals surface area contributed by atoms with Crippen molar-refractivity contribution in [2.24, 2.45) is 0 Å². The Morgan fingerprint density at radius 3 is 2.59 bits per heavy atom. The van der Waals surface area contributed by atoms with E-state index in [0.29, 0.717) is 32.9 Å². The van der Waals surface area contributed by atoms with E-state index >= 15 is 0 Å². The molecule has 0 aliphatic heterocycles. The second-order valence-electron chi connectivity index (χ2n) is 5.95. The molecular weight excluding hydrogens is 383 g/mol. The van der Waals surface area contributed by atoms with Crippen molar-refractivity contribution < 1.29 is 27.4 Å². The van der Waals surface area contributed by atoms with E-state index in [1.54, 1.807) is 31.2 Å². The van der Waals surface area contributed by atoms with Crippen LogP contribution >= 0.6 is 11.6 Å². The van der Waals surface area contributed by atoms with E-state index in [1.807, 2.05) is 4.57 Å². The Morgan fingerprint density at radius 2 is 1.93 bits per heavy atom. The van der Waals surface area contributed by atoms with Crippen molar-refractivity contribution in [3.63, 3.8) is 0 Å². The maximum absolute atomic E-state index is 12.5. The molecule has 8 heteroatoms. The first-order valence-electron chi connectivity index (χ1n) is 7.95. The Balaban J connectivity index is 2.04. The van der Waals surface area contributed by atoms with Gasteiger partial charge in [0.15, 0.2) is 5.75 Å². The van der Waals surface area contributed by atoms with Gasteiger partial charge < -0.3 is 14.0 Å². The molecule has 3 aromatic rings. The fourth-order valence-corrected chi connectivity index (χ4v) is 3.08. The summed E-state index contributed by atoms with van der Waals surface area (Å²) in [4.78, 5) is 11.4. The number of esters is 1. The van der Waals surface area contributed by atoms with E-state index in [-0.39, 0.29) is 12.3 Å². The number of alkyl halides is 3. The predicted molar refractivity (Wildman–Crippen MR) is 95.2 cm³/mol. The number of fused-ring (bicyclic) bond motifs is 1. The van der Waals surface area contributed by atoms with Gasteiger partial charge in [0.05, 0.1) is 11.2 Å². The van der Waals surface area contributed by atoms with E-state index in [0.717, 1.165) is 0 Å². The normalized spacial score (nSPS) is 11.6. The van der Waals surface area contributed by atoms with Crippen molar-refractivity contribution in [1.82, 2.24) is 4.57 Å². The number of hydrogen-bond donors (Lipinski definition) is 0. The van der Waals surface area contributed by atoms with Crippen LogP contribution in [0.25, 0.3) is 10.9 Å². The van der Waals surface area contributed by atoms with Crippen LogP contribution in [0, 0.1) is 6.92 Å². The molecule has 2 aromatic carbocycles. The van der Waals surface area contributed by atoms with Crippen molar-refractivity contribution in [2.45, 2.75) is 26.8 Å². The molecule has 0 unspecified atom stereocenters. The van der Waals surface area contributed by atoms with Gasteiger partial charge in [0, 0.05) is 23.9 Å². The lowest BCUT2D eigenvalue weighted by Crippen LogP contribution is -2.17. The lowest BCUT2D eigenvalue weighted by molar-refractivity contribution is -0.274. The smallest absolute Gasteiger partial charge is 0.424 e. The summed E-state index contributed by atoms with van der Waals surface area (Å²) in [6.07, 6.45) is -4.76. The van der Waals surface area contributed by atoms with Crippen molar-refractivity contribution >= 4 is 28.5 Å². The van der Waals surface area contributed by atoms with Gasteiger partial charge in [-0.15, -0.1) is 13.2 Å². The highest BCUT2D eigenvalue weighted by atomic mass is 35.5. The number of halogens is 4. The van der Waals surface area contributed by atoms with Gasteiger partial charge >= 0.3 is 12.3 Å². The lowest BCUT2D eigenvalue weighted by Gasteiger charge is -2.12. The largest absolute Gasteiger partial charge is 0.573 e. The van der Waals surface area contributed by atoms with Crippen LogP contribution in [0.1, 0.15) is 18.2 Å².